The first kappa shape index (κ1) is 12.5. The summed E-state index contributed by atoms with van der Waals surface area (Å²) < 4.78 is 2.41. The Bertz CT molecular complexity index is 466. The molecule has 1 aromatic carbocycles. The van der Waals surface area contributed by atoms with Crippen LogP contribution in [0.2, 0.25) is 0 Å². The quantitative estimate of drug-likeness (QED) is 0.751. The summed E-state index contributed by atoms with van der Waals surface area (Å²) in [6.45, 7) is 0. The SMILES string of the molecule is NC(Cc1ccc(Br)s1)c1ccc(I)cc1. The normalized spacial score (nSPS) is 12.7. The topological polar surface area (TPSA) is 26.0 Å². The van der Waals surface area contributed by atoms with E-state index in [2.05, 4.69) is 74.9 Å². The zero-order valence-electron chi connectivity index (χ0n) is 8.49. The highest BCUT2D eigenvalue weighted by Crippen LogP contribution is 2.26. The van der Waals surface area contributed by atoms with E-state index in [0.717, 1.165) is 10.2 Å². The molecule has 0 spiro atoms. The molecule has 2 rings (SSSR count). The number of nitrogens with two attached hydrogens (primary N) is 1. The number of benzene rings is 1. The maximum absolute atomic E-state index is 6.18. The van der Waals surface area contributed by atoms with Gasteiger partial charge in [0.2, 0.25) is 0 Å². The van der Waals surface area contributed by atoms with E-state index in [1.165, 1.54) is 14.0 Å². The average Bonchev–Trinajstić information content (AvgIpc) is 2.65. The van der Waals surface area contributed by atoms with Crippen LogP contribution in [0, 0.1) is 3.57 Å². The number of hydrogen-bond donors (Lipinski definition) is 1. The number of thiophene rings is 1. The molecule has 84 valence electrons. The molecule has 1 atom stereocenters. The van der Waals surface area contributed by atoms with Gasteiger partial charge in [-0.1, -0.05) is 12.1 Å². The molecule has 1 unspecified atom stereocenters. The molecular weight excluding hydrogens is 397 g/mol. The molecule has 4 heteroatoms. The average molecular weight is 408 g/mol. The Labute approximate surface area is 121 Å². The van der Waals surface area contributed by atoms with Gasteiger partial charge in [-0.05, 0) is 68.3 Å². The van der Waals surface area contributed by atoms with Crippen molar-refractivity contribution in [3.8, 4) is 0 Å². The summed E-state index contributed by atoms with van der Waals surface area (Å²) in [6.07, 6.45) is 0.900. The van der Waals surface area contributed by atoms with Crippen LogP contribution in [0.5, 0.6) is 0 Å². The van der Waals surface area contributed by atoms with E-state index < -0.39 is 0 Å². The molecule has 0 aliphatic rings. The zero-order chi connectivity index (χ0) is 11.5. The van der Waals surface area contributed by atoms with Crippen LogP contribution in [0.4, 0.5) is 0 Å². The predicted octanol–water partition coefficient (Wildman–Crippen LogP) is 4.36. The van der Waals surface area contributed by atoms with E-state index in [1.807, 2.05) is 0 Å². The molecule has 0 saturated carbocycles. The van der Waals surface area contributed by atoms with Gasteiger partial charge >= 0.3 is 0 Å². The van der Waals surface area contributed by atoms with Crippen LogP contribution in [0.15, 0.2) is 40.2 Å². The molecule has 0 amide bonds. The van der Waals surface area contributed by atoms with Crippen LogP contribution in [-0.4, -0.2) is 0 Å². The Hall–Kier alpha value is 0.0900. The van der Waals surface area contributed by atoms with Gasteiger partial charge in [0.1, 0.15) is 0 Å². The van der Waals surface area contributed by atoms with Crippen molar-refractivity contribution < 1.29 is 0 Å². The highest BCUT2D eigenvalue weighted by Gasteiger charge is 2.08. The predicted molar refractivity (Wildman–Crippen MR) is 81.8 cm³/mol. The summed E-state index contributed by atoms with van der Waals surface area (Å²) in [5.74, 6) is 0. The van der Waals surface area contributed by atoms with Crippen molar-refractivity contribution >= 4 is 49.9 Å². The molecule has 0 bridgehead atoms. The van der Waals surface area contributed by atoms with Crippen molar-refractivity contribution in [2.75, 3.05) is 0 Å². The minimum absolute atomic E-state index is 0.0857. The zero-order valence-corrected chi connectivity index (χ0v) is 13.1. The first-order chi connectivity index (χ1) is 7.65. The minimum atomic E-state index is 0.0857. The fourth-order valence-corrected chi connectivity index (χ4v) is 3.41. The fraction of sp³-hybridized carbons (Fsp3) is 0.167. The van der Waals surface area contributed by atoms with Gasteiger partial charge in [0.05, 0.1) is 3.79 Å². The summed E-state index contributed by atoms with van der Waals surface area (Å²) in [5, 5.41) is 0. The van der Waals surface area contributed by atoms with Crippen LogP contribution < -0.4 is 5.73 Å². The van der Waals surface area contributed by atoms with E-state index in [9.17, 15) is 0 Å². The highest BCUT2D eigenvalue weighted by molar-refractivity contribution is 14.1. The lowest BCUT2D eigenvalue weighted by molar-refractivity contribution is 0.730. The maximum Gasteiger partial charge on any atom is 0.0701 e. The van der Waals surface area contributed by atoms with E-state index >= 15 is 0 Å². The van der Waals surface area contributed by atoms with E-state index in [-0.39, 0.29) is 6.04 Å². The molecule has 0 fully saturated rings. The Balaban J connectivity index is 2.08. The highest BCUT2D eigenvalue weighted by atomic mass is 127. The van der Waals surface area contributed by atoms with E-state index in [0.29, 0.717) is 0 Å². The second-order valence-corrected chi connectivity index (χ2v) is 7.36. The number of rotatable bonds is 3. The Kier molecular flexibility index (Phi) is 4.41. The number of halogens is 2. The van der Waals surface area contributed by atoms with Gasteiger partial charge in [-0.3, -0.25) is 0 Å². The van der Waals surface area contributed by atoms with Crippen LogP contribution in [-0.2, 0) is 6.42 Å². The third kappa shape index (κ3) is 3.29. The third-order valence-electron chi connectivity index (χ3n) is 2.35. The van der Waals surface area contributed by atoms with Crippen LogP contribution in [0.1, 0.15) is 16.5 Å². The van der Waals surface area contributed by atoms with Crippen LogP contribution in [0.3, 0.4) is 0 Å². The number of hydrogen-bond acceptors (Lipinski definition) is 2. The first-order valence-electron chi connectivity index (χ1n) is 4.90. The lowest BCUT2D eigenvalue weighted by Gasteiger charge is -2.10. The van der Waals surface area contributed by atoms with Crippen molar-refractivity contribution in [1.82, 2.24) is 0 Å². The lowest BCUT2D eigenvalue weighted by atomic mass is 10.0. The minimum Gasteiger partial charge on any atom is -0.324 e. The second-order valence-electron chi connectivity index (χ2n) is 3.57. The first-order valence-corrected chi connectivity index (χ1v) is 7.59. The van der Waals surface area contributed by atoms with Gasteiger partial charge in [-0.2, -0.15) is 0 Å². The molecule has 2 aromatic rings. The smallest absolute Gasteiger partial charge is 0.0701 e. The van der Waals surface area contributed by atoms with Gasteiger partial charge in [-0.25, -0.2) is 0 Å². The van der Waals surface area contributed by atoms with Crippen molar-refractivity contribution in [2.24, 2.45) is 5.73 Å². The standard InChI is InChI=1S/C12H11BrINS/c13-12-6-5-10(16-12)7-11(15)8-1-3-9(14)4-2-8/h1-6,11H,7,15H2. The van der Waals surface area contributed by atoms with Gasteiger partial charge < -0.3 is 5.73 Å². The largest absolute Gasteiger partial charge is 0.324 e. The van der Waals surface area contributed by atoms with Crippen LogP contribution in [0.25, 0.3) is 0 Å². The molecule has 0 saturated heterocycles. The van der Waals surface area contributed by atoms with Crippen molar-refractivity contribution in [1.29, 1.82) is 0 Å². The summed E-state index contributed by atoms with van der Waals surface area (Å²) in [6, 6.07) is 12.7. The van der Waals surface area contributed by atoms with E-state index in [4.69, 9.17) is 5.73 Å². The van der Waals surface area contributed by atoms with Crippen LogP contribution >= 0.6 is 49.9 Å². The molecule has 2 N–H and O–H groups in total. The Morgan fingerprint density at radius 1 is 1.19 bits per heavy atom. The second kappa shape index (κ2) is 5.62. The molecule has 0 radical (unpaired) electrons. The van der Waals surface area contributed by atoms with E-state index in [1.54, 1.807) is 11.3 Å². The van der Waals surface area contributed by atoms with Crippen molar-refractivity contribution in [2.45, 2.75) is 12.5 Å². The van der Waals surface area contributed by atoms with Crippen molar-refractivity contribution in [3.05, 3.63) is 54.2 Å². The maximum atomic E-state index is 6.18. The Morgan fingerprint density at radius 3 is 2.44 bits per heavy atom. The fourth-order valence-electron chi connectivity index (χ4n) is 1.51. The molecule has 1 heterocycles. The summed E-state index contributed by atoms with van der Waals surface area (Å²) >= 11 is 7.52. The third-order valence-corrected chi connectivity index (χ3v) is 4.71. The molecular formula is C12H11BrINS. The van der Waals surface area contributed by atoms with Gasteiger partial charge in [0.25, 0.3) is 0 Å². The molecule has 1 aromatic heterocycles. The van der Waals surface area contributed by atoms with Gasteiger partial charge in [0, 0.05) is 20.9 Å². The molecule has 0 aliphatic heterocycles. The molecule has 16 heavy (non-hydrogen) atoms. The van der Waals surface area contributed by atoms with Gasteiger partial charge in [-0.15, -0.1) is 11.3 Å². The summed E-state index contributed by atoms with van der Waals surface area (Å²) in [7, 11) is 0. The monoisotopic (exact) mass is 407 g/mol. The van der Waals surface area contributed by atoms with Crippen molar-refractivity contribution in [3.63, 3.8) is 0 Å². The molecule has 0 aliphatic carbocycles. The van der Waals surface area contributed by atoms with Gasteiger partial charge in [0.15, 0.2) is 0 Å². The molecule has 1 nitrogen and oxygen atoms in total. The summed E-state index contributed by atoms with van der Waals surface area (Å²) in [5.41, 5.74) is 7.37. The lowest BCUT2D eigenvalue weighted by Crippen LogP contribution is -2.12. The summed E-state index contributed by atoms with van der Waals surface area (Å²) in [4.78, 5) is 1.32. The Morgan fingerprint density at radius 2 is 1.88 bits per heavy atom.